The van der Waals surface area contributed by atoms with E-state index in [0.29, 0.717) is 12.0 Å². The highest BCUT2D eigenvalue weighted by Gasteiger charge is 2.61. The molecule has 0 radical (unpaired) electrons. The van der Waals surface area contributed by atoms with Crippen LogP contribution in [0.1, 0.15) is 47.0 Å². The van der Waals surface area contributed by atoms with E-state index in [0.717, 1.165) is 18.4 Å². The van der Waals surface area contributed by atoms with Crippen LogP contribution in [0.2, 0.25) is 0 Å². The van der Waals surface area contributed by atoms with E-state index >= 15 is 0 Å². The van der Waals surface area contributed by atoms with E-state index in [1.54, 1.807) is 12.2 Å². The van der Waals surface area contributed by atoms with Crippen LogP contribution in [0.25, 0.3) is 0 Å². The molecular weight excluding hydrogens is 368 g/mol. The van der Waals surface area contributed by atoms with Crippen LogP contribution in [0, 0.1) is 34.5 Å². The summed E-state index contributed by atoms with van der Waals surface area (Å²) < 4.78 is 4.95. The van der Waals surface area contributed by atoms with E-state index in [-0.39, 0.29) is 47.3 Å². The smallest absolute Gasteiger partial charge is 0.303 e. The summed E-state index contributed by atoms with van der Waals surface area (Å²) in [6.07, 6.45) is 9.06. The Balaban J connectivity index is 1.66. The number of aliphatic hydroxyl groups is 1. The van der Waals surface area contributed by atoms with Crippen LogP contribution in [0.3, 0.4) is 0 Å². The van der Waals surface area contributed by atoms with Gasteiger partial charge in [-0.05, 0) is 49.2 Å². The van der Waals surface area contributed by atoms with E-state index in [4.69, 9.17) is 4.74 Å². The molecule has 0 bridgehead atoms. The van der Waals surface area contributed by atoms with Crippen LogP contribution in [0.15, 0.2) is 35.5 Å². The predicted octanol–water partition coefficient (Wildman–Crippen LogP) is 3.18. The van der Waals surface area contributed by atoms with Gasteiger partial charge in [0.05, 0.1) is 6.10 Å². The summed E-state index contributed by atoms with van der Waals surface area (Å²) in [5, 5.41) is 11.3. The minimum Gasteiger partial charge on any atom is -0.457 e. The minimum absolute atomic E-state index is 0.0267. The van der Waals surface area contributed by atoms with E-state index < -0.39 is 17.5 Å². The molecule has 1 N–H and O–H groups in total. The average molecular weight is 398 g/mol. The van der Waals surface area contributed by atoms with Gasteiger partial charge in [-0.1, -0.05) is 38.5 Å². The maximum atomic E-state index is 12.8. The summed E-state index contributed by atoms with van der Waals surface area (Å²) in [7, 11) is 0. The summed E-state index contributed by atoms with van der Waals surface area (Å²) in [4.78, 5) is 35.9. The Bertz CT molecular complexity index is 864. The van der Waals surface area contributed by atoms with Crippen molar-refractivity contribution in [3.05, 3.63) is 35.5 Å². The Morgan fingerprint density at radius 1 is 1.31 bits per heavy atom. The maximum absolute atomic E-state index is 12.8. The fourth-order valence-corrected chi connectivity index (χ4v) is 7.00. The molecule has 0 spiro atoms. The van der Waals surface area contributed by atoms with Crippen molar-refractivity contribution >= 4 is 17.5 Å². The molecule has 2 unspecified atom stereocenters. The lowest BCUT2D eigenvalue weighted by Crippen LogP contribution is -2.57. The molecule has 5 heteroatoms. The number of ether oxygens (including phenoxy) is 1. The fraction of sp³-hybridized carbons (Fsp3) is 0.625. The molecule has 0 aromatic carbocycles. The summed E-state index contributed by atoms with van der Waals surface area (Å²) in [6.45, 7) is 7.46. The lowest BCUT2D eigenvalue weighted by Gasteiger charge is -2.59. The minimum atomic E-state index is -0.567. The molecule has 5 nitrogen and oxygen atoms in total. The molecule has 0 aromatic heterocycles. The zero-order valence-corrected chi connectivity index (χ0v) is 17.6. The molecule has 2 saturated carbocycles. The molecule has 4 rings (SSSR count). The van der Waals surface area contributed by atoms with Gasteiger partial charge in [0, 0.05) is 29.2 Å². The third kappa shape index (κ3) is 2.97. The zero-order chi connectivity index (χ0) is 21.1. The first kappa shape index (κ1) is 20.3. The van der Waals surface area contributed by atoms with Gasteiger partial charge >= 0.3 is 5.97 Å². The van der Waals surface area contributed by atoms with Crippen LogP contribution >= 0.6 is 0 Å². The molecule has 7 atom stereocenters. The number of fused-ring (bicyclic) bond motifs is 5. The lowest BCUT2D eigenvalue weighted by atomic mass is 9.45. The second-order valence-electron chi connectivity index (χ2n) is 9.80. The third-order valence-corrected chi connectivity index (χ3v) is 8.10. The van der Waals surface area contributed by atoms with E-state index in [9.17, 15) is 19.5 Å². The first-order chi connectivity index (χ1) is 13.6. The number of esters is 1. The number of carbonyl (C=O) groups excluding carboxylic acids is 3. The summed E-state index contributed by atoms with van der Waals surface area (Å²) in [5.74, 6) is 0.213. The van der Waals surface area contributed by atoms with Crippen molar-refractivity contribution in [3.8, 4) is 0 Å². The monoisotopic (exact) mass is 398 g/mol. The van der Waals surface area contributed by atoms with E-state index in [2.05, 4.69) is 20.8 Å². The number of ketones is 2. The van der Waals surface area contributed by atoms with Crippen LogP contribution in [-0.2, 0) is 19.1 Å². The molecule has 0 aromatic rings. The normalized spacial score (nSPS) is 42.9. The van der Waals surface area contributed by atoms with Crippen molar-refractivity contribution in [2.45, 2.75) is 53.1 Å². The Kier molecular flexibility index (Phi) is 4.73. The molecule has 4 aliphatic carbocycles. The third-order valence-electron chi connectivity index (χ3n) is 8.10. The van der Waals surface area contributed by atoms with Gasteiger partial charge in [0.1, 0.15) is 0 Å². The second-order valence-corrected chi connectivity index (χ2v) is 9.80. The van der Waals surface area contributed by atoms with Gasteiger partial charge in [0.2, 0.25) is 0 Å². The summed E-state index contributed by atoms with van der Waals surface area (Å²) >= 11 is 0. The standard InChI is InChI=1S/C24H30O5/c1-13-9-16-17-5-6-18(21(28)12-29-14(2)25)24(17,4)11-20(27)22(16)23(3)8-7-15(26)10-19(13)23/h6-8,10,13,16-17,20,22,27H,5,9,11-12H2,1-4H3/t13-,16-,17?,20-,22?,23-,24-/m0/s1. The van der Waals surface area contributed by atoms with Gasteiger partial charge in [-0.3, -0.25) is 14.4 Å². The largest absolute Gasteiger partial charge is 0.457 e. The molecule has 2 fully saturated rings. The molecule has 4 aliphatic rings. The quantitative estimate of drug-likeness (QED) is 0.739. The summed E-state index contributed by atoms with van der Waals surface area (Å²) in [6, 6.07) is 0. The predicted molar refractivity (Wildman–Crippen MR) is 108 cm³/mol. The van der Waals surface area contributed by atoms with Gasteiger partial charge in [-0.15, -0.1) is 0 Å². The van der Waals surface area contributed by atoms with Crippen LogP contribution in [-0.4, -0.2) is 35.4 Å². The highest BCUT2D eigenvalue weighted by atomic mass is 16.5. The Hall–Kier alpha value is -2.01. The molecule has 0 saturated heterocycles. The molecule has 29 heavy (non-hydrogen) atoms. The number of aliphatic hydroxyl groups excluding tert-OH is 1. The highest BCUT2D eigenvalue weighted by molar-refractivity contribution is 6.01. The topological polar surface area (TPSA) is 80.7 Å². The molecular formula is C24H30O5. The lowest BCUT2D eigenvalue weighted by molar-refractivity contribution is -0.145. The molecule has 0 aliphatic heterocycles. The van der Waals surface area contributed by atoms with Crippen molar-refractivity contribution in [2.24, 2.45) is 34.5 Å². The average Bonchev–Trinajstić information content (AvgIpc) is 2.97. The number of Topliss-reactive ketones (excluding diaryl/α,β-unsaturated/α-hetero) is 1. The van der Waals surface area contributed by atoms with E-state index in [1.807, 2.05) is 12.2 Å². The number of carbonyl (C=O) groups is 3. The fourth-order valence-electron chi connectivity index (χ4n) is 7.00. The first-order valence-electron chi connectivity index (χ1n) is 10.6. The van der Waals surface area contributed by atoms with Crippen molar-refractivity contribution in [1.82, 2.24) is 0 Å². The second kappa shape index (κ2) is 6.76. The van der Waals surface area contributed by atoms with Gasteiger partial charge in [-0.25, -0.2) is 0 Å². The van der Waals surface area contributed by atoms with Crippen LogP contribution in [0.4, 0.5) is 0 Å². The molecule has 0 heterocycles. The Morgan fingerprint density at radius 2 is 2.03 bits per heavy atom. The van der Waals surface area contributed by atoms with Crippen molar-refractivity contribution in [3.63, 3.8) is 0 Å². The molecule has 156 valence electrons. The van der Waals surface area contributed by atoms with Crippen molar-refractivity contribution in [2.75, 3.05) is 6.61 Å². The Labute approximate surface area is 171 Å². The van der Waals surface area contributed by atoms with Crippen LogP contribution < -0.4 is 0 Å². The summed E-state index contributed by atoms with van der Waals surface area (Å²) in [5.41, 5.74) is 1.09. The zero-order valence-electron chi connectivity index (χ0n) is 17.6. The van der Waals surface area contributed by atoms with Gasteiger partial charge in [0.25, 0.3) is 0 Å². The SMILES string of the molecule is CC(=O)OCC(=O)C1=CCC2[C@@H]3C[C@H](C)C4=CC(=O)C=C[C@]4(C)C3[C@@H](O)C[C@]12C. The highest BCUT2D eigenvalue weighted by Crippen LogP contribution is 2.65. The number of rotatable bonds is 3. The molecule has 0 amide bonds. The number of allylic oxidation sites excluding steroid dienone is 5. The number of hydrogen-bond acceptors (Lipinski definition) is 5. The first-order valence-corrected chi connectivity index (χ1v) is 10.6. The Morgan fingerprint density at radius 3 is 2.72 bits per heavy atom. The van der Waals surface area contributed by atoms with Crippen molar-refractivity contribution < 1.29 is 24.2 Å². The van der Waals surface area contributed by atoms with Crippen LogP contribution in [0.5, 0.6) is 0 Å². The van der Waals surface area contributed by atoms with Gasteiger partial charge in [0.15, 0.2) is 18.2 Å². The van der Waals surface area contributed by atoms with E-state index in [1.165, 1.54) is 6.92 Å². The maximum Gasteiger partial charge on any atom is 0.303 e. The van der Waals surface area contributed by atoms with Gasteiger partial charge < -0.3 is 9.84 Å². The number of hydrogen-bond donors (Lipinski definition) is 1. The van der Waals surface area contributed by atoms with Crippen molar-refractivity contribution in [1.29, 1.82) is 0 Å². The van der Waals surface area contributed by atoms with Gasteiger partial charge in [-0.2, -0.15) is 0 Å².